The van der Waals surface area contributed by atoms with Crippen LogP contribution in [0.25, 0.3) is 0 Å². The first kappa shape index (κ1) is 16.8. The zero-order chi connectivity index (χ0) is 17.3. The Morgan fingerprint density at radius 1 is 1.38 bits per heavy atom. The van der Waals surface area contributed by atoms with Crippen molar-refractivity contribution in [1.82, 2.24) is 19.7 Å². The Hall–Kier alpha value is -2.09. The van der Waals surface area contributed by atoms with Crippen molar-refractivity contribution in [3.05, 3.63) is 33.9 Å². The Morgan fingerprint density at radius 3 is 2.83 bits per heavy atom. The molecule has 1 saturated heterocycles. The van der Waals surface area contributed by atoms with E-state index >= 15 is 0 Å². The highest BCUT2D eigenvalue weighted by Gasteiger charge is 2.35. The summed E-state index contributed by atoms with van der Waals surface area (Å²) < 4.78 is 1.72. The quantitative estimate of drug-likeness (QED) is 0.832. The molecule has 0 spiro atoms. The molecule has 0 saturated carbocycles. The molecule has 2 aromatic heterocycles. The molecule has 3 heterocycles. The van der Waals surface area contributed by atoms with Gasteiger partial charge in [0.1, 0.15) is 5.82 Å². The van der Waals surface area contributed by atoms with Crippen molar-refractivity contribution in [2.24, 2.45) is 7.05 Å². The lowest BCUT2D eigenvalue weighted by atomic mass is 10.2. The molecule has 24 heavy (non-hydrogen) atoms. The van der Waals surface area contributed by atoms with Gasteiger partial charge >= 0.3 is 0 Å². The van der Waals surface area contributed by atoms with Gasteiger partial charge in [0.25, 0.3) is 5.56 Å². The van der Waals surface area contributed by atoms with Gasteiger partial charge in [0.2, 0.25) is 5.91 Å². The number of hydrogen-bond acceptors (Lipinski definition) is 5. The third kappa shape index (κ3) is 3.38. The number of nitrogens with one attached hydrogen (secondary N) is 1. The molecule has 7 nitrogen and oxygen atoms in total. The summed E-state index contributed by atoms with van der Waals surface area (Å²) in [5, 5.41) is 4.58. The Balaban J connectivity index is 1.77. The van der Waals surface area contributed by atoms with Gasteiger partial charge in [-0.3, -0.25) is 19.2 Å². The van der Waals surface area contributed by atoms with Gasteiger partial charge in [-0.05, 0) is 19.8 Å². The number of carbonyl (C=O) groups is 1. The Morgan fingerprint density at radius 2 is 2.17 bits per heavy atom. The third-order valence-electron chi connectivity index (χ3n) is 3.94. The lowest BCUT2D eigenvalue weighted by molar-refractivity contribution is -0.116. The topological polar surface area (TPSA) is 83.9 Å². The summed E-state index contributed by atoms with van der Waals surface area (Å²) in [5.41, 5.74) is 1.49. The maximum atomic E-state index is 12.7. The van der Waals surface area contributed by atoms with E-state index in [-0.39, 0.29) is 16.7 Å². The molecule has 1 N–H and O–H groups in total. The summed E-state index contributed by atoms with van der Waals surface area (Å²) >= 11 is 1.34. The van der Waals surface area contributed by atoms with Gasteiger partial charge in [-0.15, -0.1) is 0 Å². The Bertz CT molecular complexity index is 813. The molecule has 1 amide bonds. The van der Waals surface area contributed by atoms with Crippen molar-refractivity contribution >= 4 is 23.5 Å². The Kier molecular flexibility index (Phi) is 4.75. The van der Waals surface area contributed by atoms with E-state index in [0.717, 1.165) is 36.5 Å². The summed E-state index contributed by atoms with van der Waals surface area (Å²) in [6, 6.07) is 3.43. The van der Waals surface area contributed by atoms with Crippen LogP contribution in [0.2, 0.25) is 0 Å². The van der Waals surface area contributed by atoms with Gasteiger partial charge in [0, 0.05) is 31.4 Å². The summed E-state index contributed by atoms with van der Waals surface area (Å²) in [7, 11) is 1.84. The second-order valence-electron chi connectivity index (χ2n) is 5.94. The highest BCUT2D eigenvalue weighted by Crippen LogP contribution is 2.31. The molecule has 0 radical (unpaired) electrons. The summed E-state index contributed by atoms with van der Waals surface area (Å²) in [6.07, 6.45) is 2.41. The number of carbonyl (C=O) groups excluding carboxylic acids is 1. The predicted octanol–water partition coefficient (Wildman–Crippen LogP) is 1.66. The number of aryl methyl sites for hydroxylation is 3. The average molecular weight is 347 g/mol. The number of nitrogens with zero attached hydrogens (tertiary/aromatic N) is 4. The largest absolute Gasteiger partial charge is 0.301 e. The second kappa shape index (κ2) is 6.80. The number of anilines is 1. The molecular weight excluding hydrogens is 326 g/mol. The maximum absolute atomic E-state index is 12.7. The molecule has 1 aliphatic rings. The Labute approximate surface area is 144 Å². The molecule has 1 aliphatic heterocycles. The van der Waals surface area contributed by atoms with E-state index in [1.54, 1.807) is 9.58 Å². The van der Waals surface area contributed by atoms with E-state index in [4.69, 9.17) is 0 Å². The van der Waals surface area contributed by atoms with Crippen LogP contribution in [0.4, 0.5) is 5.82 Å². The number of aromatic amines is 1. The SMILES string of the molecule is CCCc1cc(=O)[nH]c(SC2CCN(c3cc(C)nn3C)C2=O)n1. The van der Waals surface area contributed by atoms with Crippen LogP contribution in [0.5, 0.6) is 0 Å². The number of rotatable bonds is 5. The molecule has 1 fully saturated rings. The first-order valence-corrected chi connectivity index (χ1v) is 8.95. The maximum Gasteiger partial charge on any atom is 0.251 e. The summed E-state index contributed by atoms with van der Waals surface area (Å²) in [6.45, 7) is 4.60. The lowest BCUT2D eigenvalue weighted by Gasteiger charge is -2.16. The zero-order valence-electron chi connectivity index (χ0n) is 14.1. The first-order valence-electron chi connectivity index (χ1n) is 8.07. The summed E-state index contributed by atoms with van der Waals surface area (Å²) in [5.74, 6) is 0.841. The van der Waals surface area contributed by atoms with Crippen LogP contribution < -0.4 is 10.5 Å². The van der Waals surface area contributed by atoms with Crippen molar-refractivity contribution in [3.8, 4) is 0 Å². The number of H-pyrrole nitrogens is 1. The van der Waals surface area contributed by atoms with Gasteiger partial charge in [0.05, 0.1) is 10.9 Å². The van der Waals surface area contributed by atoms with Gasteiger partial charge in [-0.1, -0.05) is 25.1 Å². The van der Waals surface area contributed by atoms with Crippen LogP contribution in [-0.2, 0) is 18.3 Å². The van der Waals surface area contributed by atoms with Gasteiger partial charge in [0.15, 0.2) is 5.16 Å². The second-order valence-corrected chi connectivity index (χ2v) is 7.14. The molecule has 1 atom stereocenters. The highest BCUT2D eigenvalue weighted by molar-refractivity contribution is 8.00. The van der Waals surface area contributed by atoms with Crippen molar-refractivity contribution < 1.29 is 4.79 Å². The predicted molar refractivity (Wildman–Crippen MR) is 93.4 cm³/mol. The number of aromatic nitrogens is 4. The molecular formula is C16H21N5O2S. The normalized spacial score (nSPS) is 17.7. The van der Waals surface area contributed by atoms with Crippen LogP contribution in [0.1, 0.15) is 31.2 Å². The minimum atomic E-state index is -0.236. The summed E-state index contributed by atoms with van der Waals surface area (Å²) in [4.78, 5) is 33.4. The van der Waals surface area contributed by atoms with Crippen LogP contribution in [0.15, 0.2) is 22.1 Å². The molecule has 0 bridgehead atoms. The van der Waals surface area contributed by atoms with Crippen molar-refractivity contribution in [1.29, 1.82) is 0 Å². The average Bonchev–Trinajstić information content (AvgIpc) is 3.02. The van der Waals surface area contributed by atoms with Crippen LogP contribution in [-0.4, -0.2) is 37.5 Å². The van der Waals surface area contributed by atoms with Crippen molar-refractivity contribution in [2.45, 2.75) is 43.5 Å². The fourth-order valence-corrected chi connectivity index (χ4v) is 3.95. The van der Waals surface area contributed by atoms with E-state index in [9.17, 15) is 9.59 Å². The third-order valence-corrected chi connectivity index (χ3v) is 5.08. The minimum absolute atomic E-state index is 0.0338. The van der Waals surface area contributed by atoms with E-state index in [2.05, 4.69) is 15.1 Å². The molecule has 128 valence electrons. The van der Waals surface area contributed by atoms with Crippen molar-refractivity contribution in [3.63, 3.8) is 0 Å². The minimum Gasteiger partial charge on any atom is -0.301 e. The number of thioether (sulfide) groups is 1. The van der Waals surface area contributed by atoms with Gasteiger partial charge < -0.3 is 4.98 Å². The fraction of sp³-hybridized carbons (Fsp3) is 0.500. The van der Waals surface area contributed by atoms with Crippen LogP contribution in [0, 0.1) is 6.92 Å². The van der Waals surface area contributed by atoms with Gasteiger partial charge in [-0.25, -0.2) is 4.98 Å². The molecule has 3 rings (SSSR count). The van der Waals surface area contributed by atoms with Gasteiger partial charge in [-0.2, -0.15) is 5.10 Å². The van der Waals surface area contributed by atoms with E-state index < -0.39 is 0 Å². The zero-order valence-corrected chi connectivity index (χ0v) is 14.9. The monoisotopic (exact) mass is 347 g/mol. The lowest BCUT2D eigenvalue weighted by Crippen LogP contribution is -2.30. The van der Waals surface area contributed by atoms with E-state index in [0.29, 0.717) is 11.7 Å². The van der Waals surface area contributed by atoms with E-state index in [1.165, 1.54) is 17.8 Å². The molecule has 1 unspecified atom stereocenters. The first-order chi connectivity index (χ1) is 11.5. The number of amides is 1. The smallest absolute Gasteiger partial charge is 0.251 e. The van der Waals surface area contributed by atoms with Crippen LogP contribution in [0.3, 0.4) is 0 Å². The molecule has 8 heteroatoms. The molecule has 2 aromatic rings. The fourth-order valence-electron chi connectivity index (χ4n) is 2.90. The highest BCUT2D eigenvalue weighted by atomic mass is 32.2. The molecule has 0 aromatic carbocycles. The van der Waals surface area contributed by atoms with E-state index in [1.807, 2.05) is 27.0 Å². The van der Waals surface area contributed by atoms with Crippen LogP contribution >= 0.6 is 11.8 Å². The standard InChI is InChI=1S/C16H21N5O2S/c1-4-5-11-9-13(22)18-16(17-11)24-12-6-7-21(15(12)23)14-8-10(2)19-20(14)3/h8-9,12H,4-7H2,1-3H3,(H,17,18,22). The number of hydrogen-bond donors (Lipinski definition) is 1. The van der Waals surface area contributed by atoms with Crippen molar-refractivity contribution in [2.75, 3.05) is 11.4 Å². The molecule has 0 aliphatic carbocycles.